The Bertz CT molecular complexity index is 872. The lowest BCUT2D eigenvalue weighted by Gasteiger charge is -2.10. The number of nitrogens with one attached hydrogen (secondary N) is 1. The summed E-state index contributed by atoms with van der Waals surface area (Å²) in [6, 6.07) is 5.92. The monoisotopic (exact) mass is 370 g/mol. The molecule has 1 fully saturated rings. The fourth-order valence-corrected chi connectivity index (χ4v) is 2.86. The van der Waals surface area contributed by atoms with E-state index in [0.717, 1.165) is 29.9 Å². The van der Waals surface area contributed by atoms with Crippen LogP contribution in [0.5, 0.6) is 0 Å². The van der Waals surface area contributed by atoms with E-state index >= 15 is 0 Å². The van der Waals surface area contributed by atoms with E-state index in [2.05, 4.69) is 31.9 Å². The van der Waals surface area contributed by atoms with E-state index in [-0.39, 0.29) is 11.8 Å². The highest BCUT2D eigenvalue weighted by atomic mass is 35.5. The van der Waals surface area contributed by atoms with Crippen molar-refractivity contribution in [1.82, 2.24) is 14.8 Å². The zero-order valence-electron chi connectivity index (χ0n) is 15.3. The molecule has 0 spiro atoms. The lowest BCUT2D eigenvalue weighted by Crippen LogP contribution is -2.15. The van der Waals surface area contributed by atoms with Crippen LogP contribution in [0.1, 0.15) is 56.4 Å². The van der Waals surface area contributed by atoms with E-state index in [1.54, 1.807) is 0 Å². The molecule has 0 aliphatic heterocycles. The molecule has 1 N–H and O–H groups in total. The van der Waals surface area contributed by atoms with Gasteiger partial charge in [0.05, 0.1) is 0 Å². The Hall–Kier alpha value is -2.32. The summed E-state index contributed by atoms with van der Waals surface area (Å²) in [6.07, 6.45) is 3.12. The average Bonchev–Trinajstić information content (AvgIpc) is 3.35. The predicted octanol–water partition coefficient (Wildman–Crippen LogP) is 4.15. The summed E-state index contributed by atoms with van der Waals surface area (Å²) in [5, 5.41) is 12.1. The van der Waals surface area contributed by atoms with Crippen LogP contribution in [0.15, 0.2) is 18.2 Å². The number of hydrogen-bond acceptors (Lipinski definition) is 3. The molecule has 1 aliphatic carbocycles. The SMILES string of the molecule is Cc1c(Cl)cccc1NC(=O)CCc1nnc(C#CC(C)C)n1C1CC1. The second kappa shape index (κ2) is 7.92. The molecule has 1 aliphatic rings. The number of hydrogen-bond donors (Lipinski definition) is 1. The van der Waals surface area contributed by atoms with E-state index < -0.39 is 0 Å². The summed E-state index contributed by atoms with van der Waals surface area (Å²) in [5.74, 6) is 8.03. The Labute approximate surface area is 159 Å². The van der Waals surface area contributed by atoms with Crippen molar-refractivity contribution in [3.05, 3.63) is 40.4 Å². The highest BCUT2D eigenvalue weighted by molar-refractivity contribution is 6.31. The number of carbonyl (C=O) groups excluding carboxylic acids is 1. The number of benzene rings is 1. The van der Waals surface area contributed by atoms with Crippen molar-refractivity contribution < 1.29 is 4.79 Å². The fraction of sp³-hybridized carbons (Fsp3) is 0.450. The number of nitrogens with zero attached hydrogens (tertiary/aromatic N) is 3. The first kappa shape index (κ1) is 18.5. The Morgan fingerprint density at radius 2 is 2.15 bits per heavy atom. The van der Waals surface area contributed by atoms with Crippen molar-refractivity contribution in [1.29, 1.82) is 0 Å². The molecule has 1 aromatic heterocycles. The Morgan fingerprint density at radius 1 is 1.38 bits per heavy atom. The number of anilines is 1. The van der Waals surface area contributed by atoms with Gasteiger partial charge in [-0.15, -0.1) is 10.2 Å². The maximum Gasteiger partial charge on any atom is 0.224 e. The van der Waals surface area contributed by atoms with E-state index in [1.807, 2.05) is 39.0 Å². The number of aromatic nitrogens is 3. The van der Waals surface area contributed by atoms with Gasteiger partial charge in [0.1, 0.15) is 5.82 Å². The van der Waals surface area contributed by atoms with E-state index in [1.165, 1.54) is 0 Å². The van der Waals surface area contributed by atoms with Crippen molar-refractivity contribution in [2.45, 2.75) is 52.5 Å². The van der Waals surface area contributed by atoms with Crippen LogP contribution in [0.3, 0.4) is 0 Å². The largest absolute Gasteiger partial charge is 0.326 e. The average molecular weight is 371 g/mol. The summed E-state index contributed by atoms with van der Waals surface area (Å²) >= 11 is 6.10. The maximum atomic E-state index is 12.3. The van der Waals surface area contributed by atoms with Crippen molar-refractivity contribution >= 4 is 23.2 Å². The minimum absolute atomic E-state index is 0.0597. The zero-order valence-corrected chi connectivity index (χ0v) is 16.1. The van der Waals surface area contributed by atoms with Crippen molar-refractivity contribution in [2.24, 2.45) is 5.92 Å². The number of carbonyl (C=O) groups is 1. The minimum atomic E-state index is -0.0597. The zero-order chi connectivity index (χ0) is 18.7. The lowest BCUT2D eigenvalue weighted by molar-refractivity contribution is -0.116. The van der Waals surface area contributed by atoms with Gasteiger partial charge < -0.3 is 9.88 Å². The number of rotatable bonds is 5. The first-order valence-corrected chi connectivity index (χ1v) is 9.33. The third kappa shape index (κ3) is 4.44. The van der Waals surface area contributed by atoms with Crippen LogP contribution in [0, 0.1) is 24.7 Å². The van der Waals surface area contributed by atoms with Gasteiger partial charge in [0.15, 0.2) is 0 Å². The molecule has 3 rings (SSSR count). The maximum absolute atomic E-state index is 12.3. The lowest BCUT2D eigenvalue weighted by atomic mass is 10.2. The highest BCUT2D eigenvalue weighted by Crippen LogP contribution is 2.36. The fourth-order valence-electron chi connectivity index (χ4n) is 2.69. The van der Waals surface area contributed by atoms with Gasteiger partial charge in [0.2, 0.25) is 11.7 Å². The van der Waals surface area contributed by atoms with Crippen LogP contribution < -0.4 is 5.32 Å². The van der Waals surface area contributed by atoms with Crippen LogP contribution in [-0.2, 0) is 11.2 Å². The second-order valence-electron chi connectivity index (χ2n) is 6.93. The van der Waals surface area contributed by atoms with E-state index in [9.17, 15) is 4.79 Å². The molecule has 5 nitrogen and oxygen atoms in total. The predicted molar refractivity (Wildman–Crippen MR) is 103 cm³/mol. The van der Waals surface area contributed by atoms with Crippen LogP contribution in [0.4, 0.5) is 5.69 Å². The summed E-state index contributed by atoms with van der Waals surface area (Å²) in [6.45, 7) is 5.99. The standard InChI is InChI=1S/C20H23ClN4O/c1-13(2)7-10-18-23-24-19(25(18)15-8-9-15)11-12-20(26)22-17-6-4-5-16(21)14(17)3/h4-6,13,15H,8-9,11-12H2,1-3H3,(H,22,26). The molecular formula is C20H23ClN4O. The van der Waals surface area contributed by atoms with Gasteiger partial charge in [-0.1, -0.05) is 37.4 Å². The molecule has 0 bridgehead atoms. The minimum Gasteiger partial charge on any atom is -0.326 e. The van der Waals surface area contributed by atoms with Crippen LogP contribution >= 0.6 is 11.6 Å². The van der Waals surface area contributed by atoms with Gasteiger partial charge in [-0.3, -0.25) is 4.79 Å². The van der Waals surface area contributed by atoms with Crippen molar-refractivity contribution in [2.75, 3.05) is 5.32 Å². The van der Waals surface area contributed by atoms with Crippen LogP contribution in [-0.4, -0.2) is 20.7 Å². The highest BCUT2D eigenvalue weighted by Gasteiger charge is 2.29. The number of aryl methyl sites for hydroxylation is 1. The molecule has 26 heavy (non-hydrogen) atoms. The molecule has 0 atom stereocenters. The third-order valence-electron chi connectivity index (χ3n) is 4.27. The number of amides is 1. The molecule has 6 heteroatoms. The molecule has 1 saturated carbocycles. The van der Waals surface area contributed by atoms with E-state index in [0.29, 0.717) is 29.7 Å². The Kier molecular flexibility index (Phi) is 5.63. The van der Waals surface area contributed by atoms with Crippen LogP contribution in [0.25, 0.3) is 0 Å². The van der Waals surface area contributed by atoms with Crippen molar-refractivity contribution in [3.8, 4) is 11.8 Å². The first-order valence-electron chi connectivity index (χ1n) is 8.96. The molecule has 0 radical (unpaired) electrons. The Balaban J connectivity index is 1.67. The molecule has 1 aromatic carbocycles. The number of halogens is 1. The first-order chi connectivity index (χ1) is 12.5. The smallest absolute Gasteiger partial charge is 0.224 e. The third-order valence-corrected chi connectivity index (χ3v) is 4.68. The topological polar surface area (TPSA) is 59.8 Å². The molecule has 1 amide bonds. The molecule has 2 aromatic rings. The van der Waals surface area contributed by atoms with E-state index in [4.69, 9.17) is 11.6 Å². The van der Waals surface area contributed by atoms with Crippen molar-refractivity contribution in [3.63, 3.8) is 0 Å². The van der Waals surface area contributed by atoms with Crippen LogP contribution in [0.2, 0.25) is 5.02 Å². The molecule has 136 valence electrons. The second-order valence-corrected chi connectivity index (χ2v) is 7.33. The molecule has 0 unspecified atom stereocenters. The van der Waals surface area contributed by atoms with Gasteiger partial charge in [-0.25, -0.2) is 0 Å². The summed E-state index contributed by atoms with van der Waals surface area (Å²) in [4.78, 5) is 12.3. The van der Waals surface area contributed by atoms with Gasteiger partial charge >= 0.3 is 0 Å². The molecule has 0 saturated heterocycles. The van der Waals surface area contributed by atoms with Gasteiger partial charge in [-0.05, 0) is 43.4 Å². The summed E-state index contributed by atoms with van der Waals surface area (Å²) in [5.41, 5.74) is 1.62. The molecule has 1 heterocycles. The quantitative estimate of drug-likeness (QED) is 0.804. The molecular weight excluding hydrogens is 348 g/mol. The van der Waals surface area contributed by atoms with Gasteiger partial charge in [-0.2, -0.15) is 0 Å². The summed E-state index contributed by atoms with van der Waals surface area (Å²) in [7, 11) is 0. The van der Waals surface area contributed by atoms with Gasteiger partial charge in [0, 0.05) is 35.5 Å². The summed E-state index contributed by atoms with van der Waals surface area (Å²) < 4.78 is 2.10. The normalized spacial score (nSPS) is 13.4. The Morgan fingerprint density at radius 3 is 2.85 bits per heavy atom. The van der Waals surface area contributed by atoms with Gasteiger partial charge in [0.25, 0.3) is 0 Å².